The zero-order valence-corrected chi connectivity index (χ0v) is 7.73. The second kappa shape index (κ2) is 2.95. The lowest BCUT2D eigenvalue weighted by Gasteiger charge is -2.36. The summed E-state index contributed by atoms with van der Waals surface area (Å²) in [5.41, 5.74) is 7.55. The van der Waals surface area contributed by atoms with Crippen molar-refractivity contribution in [2.75, 3.05) is 24.4 Å². The fourth-order valence-corrected chi connectivity index (χ4v) is 1.11. The second-order valence-electron chi connectivity index (χ2n) is 3.55. The maximum Gasteiger partial charge on any atom is 0.249 e. The van der Waals surface area contributed by atoms with Gasteiger partial charge in [0.1, 0.15) is 6.33 Å². The van der Waals surface area contributed by atoms with Gasteiger partial charge in [-0.25, -0.2) is 4.68 Å². The minimum absolute atomic E-state index is 0.143. The van der Waals surface area contributed by atoms with Crippen LogP contribution in [0.15, 0.2) is 6.33 Å². The molecule has 0 unspecified atom stereocenters. The second-order valence-corrected chi connectivity index (χ2v) is 3.55. The van der Waals surface area contributed by atoms with Crippen molar-refractivity contribution >= 4 is 11.9 Å². The van der Waals surface area contributed by atoms with E-state index in [0.717, 1.165) is 0 Å². The Kier molecular flexibility index (Phi) is 1.88. The zero-order chi connectivity index (χ0) is 10.2. The van der Waals surface area contributed by atoms with Crippen molar-refractivity contribution in [2.45, 2.75) is 6.92 Å². The number of carbonyl (C=O) groups is 1. The third kappa shape index (κ3) is 1.31. The number of nitrogens with one attached hydrogen (secondary N) is 1. The van der Waals surface area contributed by atoms with Gasteiger partial charge in [-0.05, 0) is 6.92 Å². The van der Waals surface area contributed by atoms with Crippen LogP contribution in [0.2, 0.25) is 0 Å². The van der Waals surface area contributed by atoms with E-state index in [2.05, 4.69) is 15.6 Å². The number of hydrogen-bond acceptors (Lipinski definition) is 5. The van der Waals surface area contributed by atoms with Crippen molar-refractivity contribution in [3.05, 3.63) is 6.33 Å². The maximum atomic E-state index is 11.6. The molecule has 1 aromatic rings. The summed E-state index contributed by atoms with van der Waals surface area (Å²) in [4.78, 5) is 11.6. The van der Waals surface area contributed by atoms with Gasteiger partial charge >= 0.3 is 0 Å². The normalized spacial score (nSPS) is 18.6. The number of nitrogens with zero attached hydrogens (tertiary/aromatic N) is 3. The Morgan fingerprint density at radius 3 is 2.93 bits per heavy atom. The molecule has 1 aromatic heterocycles. The molecule has 3 N–H and O–H groups in total. The van der Waals surface area contributed by atoms with Crippen molar-refractivity contribution < 1.29 is 9.53 Å². The van der Waals surface area contributed by atoms with Crippen molar-refractivity contribution in [1.29, 1.82) is 0 Å². The molecule has 0 spiro atoms. The Morgan fingerprint density at radius 2 is 2.50 bits per heavy atom. The number of nitrogens with two attached hydrogens (primary N) is 1. The van der Waals surface area contributed by atoms with Crippen molar-refractivity contribution in [3.8, 4) is 0 Å². The summed E-state index contributed by atoms with van der Waals surface area (Å²) in [6, 6.07) is 0. The lowest BCUT2D eigenvalue weighted by atomic mass is 9.88. The molecule has 1 fully saturated rings. The summed E-state index contributed by atoms with van der Waals surface area (Å²) >= 11 is 0. The average molecular weight is 197 g/mol. The van der Waals surface area contributed by atoms with Gasteiger partial charge in [-0.1, -0.05) is 0 Å². The Morgan fingerprint density at radius 1 is 1.79 bits per heavy atom. The first-order valence-electron chi connectivity index (χ1n) is 4.16. The quantitative estimate of drug-likeness (QED) is 0.631. The smallest absolute Gasteiger partial charge is 0.249 e. The van der Waals surface area contributed by atoms with E-state index < -0.39 is 5.41 Å². The van der Waals surface area contributed by atoms with E-state index in [1.165, 1.54) is 11.0 Å². The number of amides is 1. The van der Waals surface area contributed by atoms with E-state index in [1.54, 1.807) is 0 Å². The third-order valence-corrected chi connectivity index (χ3v) is 2.19. The van der Waals surface area contributed by atoms with E-state index >= 15 is 0 Å². The molecule has 0 aromatic carbocycles. The molecule has 1 amide bonds. The first-order chi connectivity index (χ1) is 6.62. The Labute approximate surface area is 80.2 Å². The summed E-state index contributed by atoms with van der Waals surface area (Å²) in [7, 11) is 0. The van der Waals surface area contributed by atoms with E-state index in [4.69, 9.17) is 10.5 Å². The van der Waals surface area contributed by atoms with Gasteiger partial charge in [-0.2, -0.15) is 0 Å². The Hall–Kier alpha value is -1.63. The molecular weight excluding hydrogens is 186 g/mol. The number of hydrogen-bond donors (Lipinski definition) is 2. The monoisotopic (exact) mass is 197 g/mol. The van der Waals surface area contributed by atoms with Crippen LogP contribution in [0.5, 0.6) is 0 Å². The highest BCUT2D eigenvalue weighted by Gasteiger charge is 2.41. The van der Waals surface area contributed by atoms with Gasteiger partial charge in [0.2, 0.25) is 11.9 Å². The number of anilines is 1. The van der Waals surface area contributed by atoms with Gasteiger partial charge in [-0.3, -0.25) is 10.2 Å². The molecule has 0 aliphatic carbocycles. The molecule has 7 heteroatoms. The molecule has 2 heterocycles. The highest BCUT2D eigenvalue weighted by molar-refractivity contribution is 5.90. The lowest BCUT2D eigenvalue weighted by Crippen LogP contribution is -2.51. The van der Waals surface area contributed by atoms with Crippen LogP contribution in [0.25, 0.3) is 0 Å². The van der Waals surface area contributed by atoms with Crippen LogP contribution in [0.4, 0.5) is 5.95 Å². The van der Waals surface area contributed by atoms with Crippen LogP contribution >= 0.6 is 0 Å². The van der Waals surface area contributed by atoms with Gasteiger partial charge in [0, 0.05) is 0 Å². The molecule has 0 bridgehead atoms. The molecule has 76 valence electrons. The molecule has 1 aliphatic rings. The lowest BCUT2D eigenvalue weighted by molar-refractivity contribution is -0.152. The largest absolute Gasteiger partial charge is 0.379 e. The van der Waals surface area contributed by atoms with Crippen LogP contribution in [0.1, 0.15) is 6.92 Å². The Bertz CT molecular complexity index is 357. The minimum atomic E-state index is -0.462. The van der Waals surface area contributed by atoms with Crippen LogP contribution in [-0.4, -0.2) is 34.0 Å². The third-order valence-electron chi connectivity index (χ3n) is 2.19. The molecule has 7 nitrogen and oxygen atoms in total. The number of nitrogen functional groups attached to an aromatic ring is 1. The van der Waals surface area contributed by atoms with Gasteiger partial charge in [0.05, 0.1) is 18.6 Å². The number of ether oxygens (including phenoxy) is 1. The molecule has 1 aliphatic heterocycles. The Balaban J connectivity index is 2.05. The highest BCUT2D eigenvalue weighted by Crippen LogP contribution is 2.26. The molecule has 1 saturated heterocycles. The van der Waals surface area contributed by atoms with E-state index in [1.807, 2.05) is 6.92 Å². The topological polar surface area (TPSA) is 95.1 Å². The average Bonchev–Trinajstić information content (AvgIpc) is 2.48. The fraction of sp³-hybridized carbons (Fsp3) is 0.571. The zero-order valence-electron chi connectivity index (χ0n) is 7.73. The van der Waals surface area contributed by atoms with Gasteiger partial charge < -0.3 is 10.5 Å². The van der Waals surface area contributed by atoms with Crippen molar-refractivity contribution in [1.82, 2.24) is 14.9 Å². The summed E-state index contributed by atoms with van der Waals surface area (Å²) in [6.07, 6.45) is 1.34. The number of carbonyl (C=O) groups excluding carboxylic acids is 1. The molecule has 0 radical (unpaired) electrons. The fourth-order valence-electron chi connectivity index (χ4n) is 1.11. The summed E-state index contributed by atoms with van der Waals surface area (Å²) < 4.78 is 6.26. The minimum Gasteiger partial charge on any atom is -0.379 e. The SMILES string of the molecule is CC1(C(=O)Nn2cnnc2N)COC1. The first-order valence-corrected chi connectivity index (χ1v) is 4.16. The van der Waals surface area contributed by atoms with Crippen molar-refractivity contribution in [2.24, 2.45) is 5.41 Å². The molecule has 2 rings (SSSR count). The van der Waals surface area contributed by atoms with E-state index in [-0.39, 0.29) is 11.9 Å². The van der Waals surface area contributed by atoms with Gasteiger partial charge in [-0.15, -0.1) is 10.2 Å². The van der Waals surface area contributed by atoms with Crippen LogP contribution < -0.4 is 11.2 Å². The summed E-state index contributed by atoms with van der Waals surface area (Å²) in [6.45, 7) is 2.69. The van der Waals surface area contributed by atoms with E-state index in [0.29, 0.717) is 13.2 Å². The number of rotatable bonds is 2. The first kappa shape index (κ1) is 8.95. The van der Waals surface area contributed by atoms with Crippen LogP contribution in [-0.2, 0) is 9.53 Å². The van der Waals surface area contributed by atoms with Crippen LogP contribution in [0, 0.1) is 5.41 Å². The summed E-state index contributed by atoms with van der Waals surface area (Å²) in [5, 5.41) is 7.08. The predicted octanol–water partition coefficient (Wildman–Crippen LogP) is -1.03. The summed E-state index contributed by atoms with van der Waals surface area (Å²) in [5.74, 6) is 0.0115. The molecule has 0 atom stereocenters. The van der Waals surface area contributed by atoms with Gasteiger partial charge in [0.25, 0.3) is 0 Å². The standard InChI is InChI=1S/C7H11N5O2/c1-7(2-14-3-7)5(13)11-12-4-9-10-6(12)8/h4H,2-3H2,1H3,(H2,8,10)(H,11,13). The maximum absolute atomic E-state index is 11.6. The molecule has 0 saturated carbocycles. The predicted molar refractivity (Wildman–Crippen MR) is 47.7 cm³/mol. The number of aromatic nitrogens is 3. The highest BCUT2D eigenvalue weighted by atomic mass is 16.5. The van der Waals surface area contributed by atoms with Crippen LogP contribution in [0.3, 0.4) is 0 Å². The molecule has 14 heavy (non-hydrogen) atoms. The molecular formula is C7H11N5O2. The van der Waals surface area contributed by atoms with Gasteiger partial charge in [0.15, 0.2) is 0 Å². The van der Waals surface area contributed by atoms with E-state index in [9.17, 15) is 4.79 Å². The van der Waals surface area contributed by atoms with Crippen molar-refractivity contribution in [3.63, 3.8) is 0 Å².